The molecule has 10 heteroatoms. The van der Waals surface area contributed by atoms with Gasteiger partial charge in [0.15, 0.2) is 6.10 Å². The number of ether oxygens (including phenoxy) is 2. The highest BCUT2D eigenvalue weighted by Crippen LogP contribution is 2.43. The molecule has 0 saturated carbocycles. The van der Waals surface area contributed by atoms with Crippen molar-refractivity contribution in [1.29, 1.82) is 0 Å². The number of hydrogen-bond acceptors (Lipinski definition) is 8. The number of carbonyl (C=O) groups excluding carboxylic acids is 2. The molecule has 0 heterocycles. The van der Waals surface area contributed by atoms with E-state index in [4.69, 9.17) is 24.3 Å². The Bertz CT molecular complexity index is 1360. The molecule has 0 aliphatic heterocycles. The molecular formula is C59H106NO8P. The van der Waals surface area contributed by atoms with Gasteiger partial charge >= 0.3 is 19.8 Å². The van der Waals surface area contributed by atoms with Gasteiger partial charge in [-0.25, -0.2) is 4.57 Å². The first-order valence-corrected chi connectivity index (χ1v) is 29.9. The summed E-state index contributed by atoms with van der Waals surface area (Å²) in [7, 11) is -4.39. The van der Waals surface area contributed by atoms with Gasteiger partial charge in [-0.1, -0.05) is 234 Å². The molecule has 2 atom stereocenters. The van der Waals surface area contributed by atoms with E-state index in [-0.39, 0.29) is 38.6 Å². The fourth-order valence-corrected chi connectivity index (χ4v) is 8.66. The van der Waals surface area contributed by atoms with Crippen LogP contribution in [0.15, 0.2) is 72.9 Å². The predicted octanol–water partition coefficient (Wildman–Crippen LogP) is 17.7. The van der Waals surface area contributed by atoms with E-state index in [1.807, 2.05) is 0 Å². The van der Waals surface area contributed by atoms with E-state index in [1.165, 1.54) is 154 Å². The number of unbranched alkanes of at least 4 members (excludes halogenated alkanes) is 28. The maximum atomic E-state index is 12.7. The monoisotopic (exact) mass is 988 g/mol. The van der Waals surface area contributed by atoms with E-state index in [1.54, 1.807) is 0 Å². The fraction of sp³-hybridized carbons (Fsp3) is 0.763. The molecule has 0 aromatic carbocycles. The van der Waals surface area contributed by atoms with Crippen LogP contribution < -0.4 is 5.73 Å². The number of nitrogens with two attached hydrogens (primary N) is 1. The smallest absolute Gasteiger partial charge is 0.462 e. The zero-order valence-corrected chi connectivity index (χ0v) is 45.4. The zero-order valence-electron chi connectivity index (χ0n) is 44.5. The van der Waals surface area contributed by atoms with Crippen molar-refractivity contribution >= 4 is 19.8 Å². The van der Waals surface area contributed by atoms with E-state index in [0.29, 0.717) is 6.42 Å². The molecule has 0 spiro atoms. The normalized spacial score (nSPS) is 13.6. The maximum Gasteiger partial charge on any atom is 0.472 e. The summed E-state index contributed by atoms with van der Waals surface area (Å²) < 4.78 is 33.0. The lowest BCUT2D eigenvalue weighted by atomic mass is 10.0. The number of phosphoric acid groups is 1. The Morgan fingerprint density at radius 2 is 0.797 bits per heavy atom. The average molecular weight is 988 g/mol. The molecule has 0 rings (SSSR count). The SMILES string of the molecule is CC/C=C\C/C=C\C/C=C\C/C=C\C/C=C\CCCCCCCCCCCCCCCC(=O)OC(COC(=O)CCCCCCCCCCC/C=C\CCCCCCCC)COP(=O)(O)OCCN. The van der Waals surface area contributed by atoms with Crippen LogP contribution in [-0.4, -0.2) is 49.3 Å². The van der Waals surface area contributed by atoms with Gasteiger partial charge < -0.3 is 20.1 Å². The molecule has 0 bridgehead atoms. The number of allylic oxidation sites excluding steroid dienone is 12. The molecule has 0 aromatic heterocycles. The van der Waals surface area contributed by atoms with Crippen LogP contribution in [0, 0.1) is 0 Å². The zero-order chi connectivity index (χ0) is 50.2. The molecule has 9 nitrogen and oxygen atoms in total. The second-order valence-corrected chi connectivity index (χ2v) is 20.2. The summed E-state index contributed by atoms with van der Waals surface area (Å²) in [6, 6.07) is 0. The highest BCUT2D eigenvalue weighted by Gasteiger charge is 2.26. The van der Waals surface area contributed by atoms with E-state index in [0.717, 1.165) is 70.6 Å². The van der Waals surface area contributed by atoms with Gasteiger partial charge in [-0.15, -0.1) is 0 Å². The molecule has 0 aliphatic carbocycles. The predicted molar refractivity (Wildman–Crippen MR) is 293 cm³/mol. The third kappa shape index (κ3) is 54.6. The van der Waals surface area contributed by atoms with E-state index in [9.17, 15) is 19.0 Å². The van der Waals surface area contributed by atoms with Crippen molar-refractivity contribution in [2.45, 2.75) is 264 Å². The topological polar surface area (TPSA) is 134 Å². The number of hydrogen-bond donors (Lipinski definition) is 2. The molecule has 2 unspecified atom stereocenters. The third-order valence-corrected chi connectivity index (χ3v) is 13.1. The Kier molecular flexibility index (Phi) is 52.8. The molecule has 69 heavy (non-hydrogen) atoms. The lowest BCUT2D eigenvalue weighted by Gasteiger charge is -2.19. The third-order valence-electron chi connectivity index (χ3n) is 12.1. The van der Waals surface area contributed by atoms with E-state index >= 15 is 0 Å². The first-order valence-electron chi connectivity index (χ1n) is 28.4. The van der Waals surface area contributed by atoms with Crippen LogP contribution in [0.1, 0.15) is 258 Å². The Hall–Kier alpha value is -2.55. The summed E-state index contributed by atoms with van der Waals surface area (Å²) in [5.74, 6) is -0.826. The maximum absolute atomic E-state index is 12.7. The van der Waals surface area contributed by atoms with E-state index in [2.05, 4.69) is 86.8 Å². The van der Waals surface area contributed by atoms with Gasteiger partial charge in [-0.05, 0) is 83.5 Å². The lowest BCUT2D eigenvalue weighted by Crippen LogP contribution is -2.29. The molecule has 0 aromatic rings. The van der Waals surface area contributed by atoms with Crippen LogP contribution in [0.5, 0.6) is 0 Å². The van der Waals surface area contributed by atoms with Gasteiger partial charge in [-0.2, -0.15) is 0 Å². The van der Waals surface area contributed by atoms with Crippen LogP contribution in [0.2, 0.25) is 0 Å². The largest absolute Gasteiger partial charge is 0.472 e. The second-order valence-electron chi connectivity index (χ2n) is 18.8. The summed E-state index contributed by atoms with van der Waals surface area (Å²) in [6.07, 6.45) is 69.5. The summed E-state index contributed by atoms with van der Waals surface area (Å²) in [5.41, 5.74) is 5.38. The Balaban J connectivity index is 3.97. The molecule has 0 radical (unpaired) electrons. The van der Waals surface area contributed by atoms with Crippen molar-refractivity contribution in [3.63, 3.8) is 0 Å². The van der Waals surface area contributed by atoms with Crippen LogP contribution in [0.4, 0.5) is 0 Å². The highest BCUT2D eigenvalue weighted by molar-refractivity contribution is 7.47. The van der Waals surface area contributed by atoms with Crippen molar-refractivity contribution in [2.24, 2.45) is 5.73 Å². The average Bonchev–Trinajstić information content (AvgIpc) is 3.34. The van der Waals surface area contributed by atoms with Crippen LogP contribution in [0.25, 0.3) is 0 Å². The van der Waals surface area contributed by atoms with E-state index < -0.39 is 26.5 Å². The number of esters is 2. The fourth-order valence-electron chi connectivity index (χ4n) is 7.89. The first kappa shape index (κ1) is 66.5. The molecule has 0 fully saturated rings. The van der Waals surface area contributed by atoms with Crippen LogP contribution in [-0.2, 0) is 32.7 Å². The van der Waals surface area contributed by atoms with Crippen molar-refractivity contribution in [3.05, 3.63) is 72.9 Å². The van der Waals surface area contributed by atoms with Crippen molar-refractivity contribution in [1.82, 2.24) is 0 Å². The van der Waals surface area contributed by atoms with Gasteiger partial charge in [0.1, 0.15) is 6.61 Å². The minimum atomic E-state index is -4.39. The first-order chi connectivity index (χ1) is 33.8. The Morgan fingerprint density at radius 1 is 0.449 bits per heavy atom. The molecule has 0 saturated heterocycles. The highest BCUT2D eigenvalue weighted by atomic mass is 31.2. The molecule has 0 aliphatic rings. The van der Waals surface area contributed by atoms with Crippen molar-refractivity contribution in [3.8, 4) is 0 Å². The van der Waals surface area contributed by atoms with Crippen molar-refractivity contribution in [2.75, 3.05) is 26.4 Å². The Labute approximate surface area is 424 Å². The minimum Gasteiger partial charge on any atom is -0.462 e. The molecule has 3 N–H and O–H groups in total. The summed E-state index contributed by atoms with van der Waals surface area (Å²) in [4.78, 5) is 35.2. The van der Waals surface area contributed by atoms with Gasteiger partial charge in [0.05, 0.1) is 13.2 Å². The minimum absolute atomic E-state index is 0.0513. The van der Waals surface area contributed by atoms with Crippen molar-refractivity contribution < 1.29 is 37.6 Å². The second kappa shape index (κ2) is 54.8. The summed E-state index contributed by atoms with van der Waals surface area (Å²) >= 11 is 0. The molecule has 400 valence electrons. The molecular weight excluding hydrogens is 882 g/mol. The van der Waals surface area contributed by atoms with Gasteiger partial charge in [0, 0.05) is 19.4 Å². The van der Waals surface area contributed by atoms with Crippen LogP contribution >= 0.6 is 7.82 Å². The molecule has 0 amide bonds. The van der Waals surface area contributed by atoms with Gasteiger partial charge in [0.25, 0.3) is 0 Å². The van der Waals surface area contributed by atoms with Crippen LogP contribution in [0.3, 0.4) is 0 Å². The summed E-state index contributed by atoms with van der Waals surface area (Å²) in [5, 5.41) is 0. The lowest BCUT2D eigenvalue weighted by molar-refractivity contribution is -0.161. The number of carbonyl (C=O) groups is 2. The summed E-state index contributed by atoms with van der Waals surface area (Å²) in [6.45, 7) is 3.64. The quantitative estimate of drug-likeness (QED) is 0.0264. The Morgan fingerprint density at radius 3 is 1.20 bits per heavy atom. The number of phosphoric ester groups is 1. The standard InChI is InChI=1S/C59H106NO8P/c1-3-5-7-9-11-13-15-17-19-21-23-24-25-26-27-28-29-30-31-32-34-36-38-40-42-44-46-48-50-52-59(62)68-57(56-67-69(63,64)66-54-53-60)55-65-58(61)51-49-47-45-43-41-39-37-35-33-22-20-18-16-14-12-10-8-6-4-2/h5,7,11,13,17-20,23-24,26-27,57H,3-4,6,8-10,12,14-16,21-22,25,28-56,60H2,1-2H3,(H,63,64)/b7-5-,13-11-,19-17-,20-18-,24-23-,27-26-. The van der Waals surface area contributed by atoms with Gasteiger partial charge in [0.2, 0.25) is 0 Å². The van der Waals surface area contributed by atoms with Gasteiger partial charge in [-0.3, -0.25) is 18.6 Å². The number of rotatable bonds is 53.